The van der Waals surface area contributed by atoms with Gasteiger partial charge < -0.3 is 9.80 Å². The van der Waals surface area contributed by atoms with E-state index in [1.54, 1.807) is 33.7 Å². The Morgan fingerprint density at radius 1 is 1.26 bits per heavy atom. The van der Waals surface area contributed by atoms with Crippen molar-refractivity contribution in [2.45, 2.75) is 45.2 Å². The summed E-state index contributed by atoms with van der Waals surface area (Å²) in [5.74, 6) is 0.706. The van der Waals surface area contributed by atoms with Crippen molar-refractivity contribution < 1.29 is 13.2 Å². The average molecular weight is 570 g/mol. The van der Waals surface area contributed by atoms with E-state index in [0.29, 0.717) is 41.4 Å². The van der Waals surface area contributed by atoms with Crippen molar-refractivity contribution in [2.75, 3.05) is 30.8 Å². The maximum absolute atomic E-state index is 14.0. The first-order valence-corrected chi connectivity index (χ1v) is 15.4. The molecule has 1 aromatic carbocycles. The second kappa shape index (κ2) is 10.8. The summed E-state index contributed by atoms with van der Waals surface area (Å²) in [5.41, 5.74) is 2.73. The molecule has 0 bridgehead atoms. The predicted octanol–water partition coefficient (Wildman–Crippen LogP) is 3.63. The van der Waals surface area contributed by atoms with Gasteiger partial charge in [0, 0.05) is 42.5 Å². The molecule has 5 rings (SSSR count). The van der Waals surface area contributed by atoms with E-state index in [2.05, 4.69) is 22.6 Å². The fourth-order valence-electron chi connectivity index (χ4n) is 5.65. The number of carbonyl (C=O) groups is 1. The van der Waals surface area contributed by atoms with Crippen molar-refractivity contribution in [3.63, 3.8) is 0 Å². The summed E-state index contributed by atoms with van der Waals surface area (Å²) >= 11 is 6.40. The van der Waals surface area contributed by atoms with Gasteiger partial charge in [-0.05, 0) is 43.7 Å². The van der Waals surface area contributed by atoms with Crippen LogP contribution in [0.15, 0.2) is 36.5 Å². The Balaban J connectivity index is 1.48. The molecule has 2 aliphatic rings. The van der Waals surface area contributed by atoms with E-state index in [0.717, 1.165) is 37.0 Å². The normalized spacial score (nSPS) is 22.7. The van der Waals surface area contributed by atoms with Gasteiger partial charge in [0.25, 0.3) is 0 Å². The molecule has 2 aromatic heterocycles. The molecule has 0 saturated carbocycles. The van der Waals surface area contributed by atoms with Crippen LogP contribution >= 0.6 is 11.6 Å². The topological polar surface area (TPSA) is 124 Å². The van der Waals surface area contributed by atoms with Gasteiger partial charge in [0.1, 0.15) is 11.9 Å². The van der Waals surface area contributed by atoms with E-state index < -0.39 is 16.1 Å². The number of amides is 1. The van der Waals surface area contributed by atoms with Crippen molar-refractivity contribution in [1.29, 1.82) is 5.26 Å². The number of halogens is 1. The summed E-state index contributed by atoms with van der Waals surface area (Å²) in [6.45, 7) is 5.95. The largest absolute Gasteiger partial charge is 0.355 e. The monoisotopic (exact) mass is 569 g/mol. The van der Waals surface area contributed by atoms with Crippen LogP contribution in [0.25, 0.3) is 5.65 Å². The lowest BCUT2D eigenvalue weighted by Gasteiger charge is -2.37. The van der Waals surface area contributed by atoms with Gasteiger partial charge >= 0.3 is 0 Å². The van der Waals surface area contributed by atoms with E-state index in [1.807, 2.05) is 19.2 Å². The number of aryl methyl sites for hydroxylation is 1. The number of hydrogen-bond donors (Lipinski definition) is 1. The van der Waals surface area contributed by atoms with E-state index in [9.17, 15) is 18.5 Å². The summed E-state index contributed by atoms with van der Waals surface area (Å²) in [7, 11) is -3.71. The third kappa shape index (κ3) is 5.60. The molecule has 0 aliphatic carbocycles. The lowest BCUT2D eigenvalue weighted by molar-refractivity contribution is -0.137. The molecule has 12 heteroatoms. The number of nitrogens with one attached hydrogen (secondary N) is 1. The highest BCUT2D eigenvalue weighted by Crippen LogP contribution is 2.35. The van der Waals surface area contributed by atoms with E-state index >= 15 is 0 Å². The van der Waals surface area contributed by atoms with Crippen molar-refractivity contribution in [3.05, 3.63) is 58.4 Å². The molecule has 39 heavy (non-hydrogen) atoms. The van der Waals surface area contributed by atoms with Crippen LogP contribution in [0.4, 0.5) is 5.82 Å². The van der Waals surface area contributed by atoms with Gasteiger partial charge in [-0.3, -0.25) is 4.79 Å². The standard InChI is InChI=1S/C27H32ClN7O3S/c1-17-14-33(16-19(17)13-29)26-18(2)15-35-24(30-26)12-22(31-35)23-10-6-7-11-34(23)27(36)25(32-39(3,37)38)20-8-4-5-9-21(20)28/h4-5,8-9,12,15,17,19,23,25,32H,6-7,10-11,14,16H2,1-3H3/t17-,19+,23-,25?/m0/s1. The van der Waals surface area contributed by atoms with Crippen LogP contribution in [0, 0.1) is 30.1 Å². The number of rotatable bonds is 6. The average Bonchev–Trinajstić information content (AvgIpc) is 3.48. The van der Waals surface area contributed by atoms with Crippen LogP contribution in [0.3, 0.4) is 0 Å². The highest BCUT2D eigenvalue weighted by Gasteiger charge is 2.37. The van der Waals surface area contributed by atoms with Gasteiger partial charge in [-0.25, -0.2) is 17.9 Å². The minimum Gasteiger partial charge on any atom is -0.355 e. The van der Waals surface area contributed by atoms with E-state index in [1.165, 1.54) is 0 Å². The number of fused-ring (bicyclic) bond motifs is 1. The number of nitrogens with zero attached hydrogens (tertiary/aromatic N) is 6. The Bertz CT molecular complexity index is 1550. The third-order valence-electron chi connectivity index (χ3n) is 7.62. The SMILES string of the molecule is Cc1cn2nc([C@@H]3CCCCN3C(=O)C(NS(C)(=O)=O)c3ccccc3Cl)cc2nc1N1C[C@@H](C#N)[C@@H](C)C1. The highest BCUT2D eigenvalue weighted by molar-refractivity contribution is 7.88. The van der Waals surface area contributed by atoms with Crippen LogP contribution in [-0.4, -0.2) is 59.7 Å². The summed E-state index contributed by atoms with van der Waals surface area (Å²) in [6.07, 6.45) is 5.38. The second-order valence-electron chi connectivity index (χ2n) is 10.6. The Kier molecular flexibility index (Phi) is 7.55. The predicted molar refractivity (Wildman–Crippen MR) is 149 cm³/mol. The summed E-state index contributed by atoms with van der Waals surface area (Å²) in [4.78, 5) is 22.7. The number of nitriles is 1. The quantitative estimate of drug-likeness (QED) is 0.480. The van der Waals surface area contributed by atoms with Crippen LogP contribution in [0.5, 0.6) is 0 Å². The molecule has 4 heterocycles. The zero-order valence-electron chi connectivity index (χ0n) is 22.2. The van der Waals surface area contributed by atoms with E-state index in [4.69, 9.17) is 21.7 Å². The van der Waals surface area contributed by atoms with Crippen molar-refractivity contribution in [2.24, 2.45) is 11.8 Å². The molecule has 0 spiro atoms. The van der Waals surface area contributed by atoms with Crippen LogP contribution in [0.1, 0.15) is 55.1 Å². The maximum Gasteiger partial charge on any atom is 0.245 e. The molecule has 2 saturated heterocycles. The number of anilines is 1. The van der Waals surface area contributed by atoms with Gasteiger partial charge in [-0.1, -0.05) is 36.7 Å². The van der Waals surface area contributed by atoms with Gasteiger partial charge in [0.2, 0.25) is 15.9 Å². The smallest absolute Gasteiger partial charge is 0.245 e. The number of sulfonamides is 1. The first-order chi connectivity index (χ1) is 18.6. The van der Waals surface area contributed by atoms with Crippen molar-refractivity contribution >= 4 is 39.0 Å². The molecule has 206 valence electrons. The summed E-state index contributed by atoms with van der Waals surface area (Å²) < 4.78 is 28.7. The zero-order chi connectivity index (χ0) is 27.9. The van der Waals surface area contributed by atoms with Crippen LogP contribution in [0.2, 0.25) is 5.02 Å². The van der Waals surface area contributed by atoms with Crippen molar-refractivity contribution in [3.8, 4) is 6.07 Å². The Morgan fingerprint density at radius 2 is 2.03 bits per heavy atom. The van der Waals surface area contributed by atoms with Gasteiger partial charge in [0.15, 0.2) is 5.65 Å². The first kappa shape index (κ1) is 27.4. The second-order valence-corrected chi connectivity index (χ2v) is 12.8. The van der Waals surface area contributed by atoms with Crippen LogP contribution in [-0.2, 0) is 14.8 Å². The van der Waals surface area contributed by atoms with Gasteiger partial charge in [-0.15, -0.1) is 0 Å². The zero-order valence-corrected chi connectivity index (χ0v) is 23.8. The number of aromatic nitrogens is 3. The molecule has 10 nitrogen and oxygen atoms in total. The Morgan fingerprint density at radius 3 is 2.72 bits per heavy atom. The molecule has 2 fully saturated rings. The summed E-state index contributed by atoms with van der Waals surface area (Å²) in [5, 5.41) is 14.6. The number of carbonyl (C=O) groups excluding carboxylic acids is 1. The molecule has 4 atom stereocenters. The lowest BCUT2D eigenvalue weighted by atomic mass is 9.97. The Hall–Kier alpha value is -3.20. The minimum absolute atomic E-state index is 0.0312. The molecular formula is C27H32ClN7O3S. The minimum atomic E-state index is -3.71. The number of hydrogen-bond acceptors (Lipinski definition) is 7. The lowest BCUT2D eigenvalue weighted by Crippen LogP contribution is -2.46. The maximum atomic E-state index is 14.0. The molecule has 3 aromatic rings. The highest BCUT2D eigenvalue weighted by atomic mass is 35.5. The molecule has 1 unspecified atom stereocenters. The number of piperidine rings is 1. The third-order valence-corrected chi connectivity index (χ3v) is 8.63. The molecule has 0 radical (unpaired) electrons. The molecular weight excluding hydrogens is 538 g/mol. The van der Waals surface area contributed by atoms with Gasteiger partial charge in [0.05, 0.1) is 30.0 Å². The van der Waals surface area contributed by atoms with Crippen LogP contribution < -0.4 is 9.62 Å². The first-order valence-electron chi connectivity index (χ1n) is 13.1. The number of likely N-dealkylation sites (tertiary alicyclic amines) is 1. The fourth-order valence-corrected chi connectivity index (χ4v) is 6.55. The Labute approximate surface area is 233 Å². The molecule has 1 N–H and O–H groups in total. The van der Waals surface area contributed by atoms with Gasteiger partial charge in [-0.2, -0.15) is 15.1 Å². The fraction of sp³-hybridized carbons (Fsp3) is 0.481. The molecule has 1 amide bonds. The number of benzene rings is 1. The summed E-state index contributed by atoms with van der Waals surface area (Å²) in [6, 6.07) is 9.58. The molecule has 2 aliphatic heterocycles. The van der Waals surface area contributed by atoms with Crippen molar-refractivity contribution in [1.82, 2.24) is 24.2 Å². The van der Waals surface area contributed by atoms with E-state index in [-0.39, 0.29) is 23.8 Å².